The van der Waals surface area contributed by atoms with Gasteiger partial charge in [-0.25, -0.2) is 0 Å². The first-order chi connectivity index (χ1) is 15.9. The second-order valence-electron chi connectivity index (χ2n) is 8.19. The molecular weight excluding hydrogens is 482 g/mol. The van der Waals surface area contributed by atoms with Crippen LogP contribution in [0.5, 0.6) is 0 Å². The summed E-state index contributed by atoms with van der Waals surface area (Å²) in [5.74, 6) is -0.683. The molecule has 1 atom stereocenters. The average Bonchev–Trinajstić information content (AvgIpc) is 3.09. The number of halogens is 1. The lowest BCUT2D eigenvalue weighted by Gasteiger charge is -2.30. The van der Waals surface area contributed by atoms with E-state index in [-0.39, 0.29) is 30.8 Å². The molecule has 0 saturated heterocycles. The van der Waals surface area contributed by atoms with Crippen LogP contribution in [0.2, 0.25) is 0 Å². The van der Waals surface area contributed by atoms with Crippen LogP contribution >= 0.6 is 15.9 Å². The van der Waals surface area contributed by atoms with Crippen LogP contribution in [0.3, 0.4) is 0 Å². The number of rotatable bonds is 8. The van der Waals surface area contributed by atoms with Crippen LogP contribution in [0.1, 0.15) is 36.2 Å². The average molecular weight is 508 g/mol. The van der Waals surface area contributed by atoms with Gasteiger partial charge in [-0.05, 0) is 48.6 Å². The Bertz CT molecular complexity index is 1200. The summed E-state index contributed by atoms with van der Waals surface area (Å²) in [6.45, 7) is 4.39. The van der Waals surface area contributed by atoms with E-state index in [1.165, 1.54) is 4.90 Å². The third kappa shape index (κ3) is 4.64. The number of carbonyl (C=O) groups excluding carboxylic acids is 3. The fourth-order valence-corrected chi connectivity index (χ4v) is 4.39. The van der Waals surface area contributed by atoms with Crippen LogP contribution in [-0.4, -0.2) is 41.8 Å². The summed E-state index contributed by atoms with van der Waals surface area (Å²) in [6, 6.07) is 18.3. The van der Waals surface area contributed by atoms with Crippen molar-refractivity contribution < 1.29 is 14.4 Å². The van der Waals surface area contributed by atoms with Gasteiger partial charge in [0.1, 0.15) is 12.6 Å². The zero-order chi connectivity index (χ0) is 23.5. The van der Waals surface area contributed by atoms with E-state index in [0.29, 0.717) is 12.1 Å². The van der Waals surface area contributed by atoms with Gasteiger partial charge in [-0.15, -0.1) is 0 Å². The predicted molar refractivity (Wildman–Crippen MR) is 133 cm³/mol. The lowest BCUT2D eigenvalue weighted by Crippen LogP contribution is -2.51. The minimum atomic E-state index is -0.677. The lowest BCUT2D eigenvalue weighted by atomic mass is 10.1. The zero-order valence-corrected chi connectivity index (χ0v) is 20.3. The third-order valence-electron chi connectivity index (χ3n) is 5.93. The molecule has 33 heavy (non-hydrogen) atoms. The van der Waals surface area contributed by atoms with Crippen molar-refractivity contribution in [3.05, 3.63) is 76.3 Å². The number of nitrogens with zero attached hydrogens (tertiary/aromatic N) is 2. The second-order valence-corrected chi connectivity index (χ2v) is 9.10. The molecule has 0 bridgehead atoms. The van der Waals surface area contributed by atoms with Crippen molar-refractivity contribution in [3.8, 4) is 0 Å². The van der Waals surface area contributed by atoms with Gasteiger partial charge in [-0.3, -0.25) is 19.3 Å². The Balaban J connectivity index is 1.61. The summed E-state index contributed by atoms with van der Waals surface area (Å²) in [4.78, 5) is 42.5. The van der Waals surface area contributed by atoms with Gasteiger partial charge in [0.2, 0.25) is 11.8 Å². The van der Waals surface area contributed by atoms with Crippen molar-refractivity contribution in [1.29, 1.82) is 0 Å². The van der Waals surface area contributed by atoms with Gasteiger partial charge in [-0.2, -0.15) is 0 Å². The van der Waals surface area contributed by atoms with E-state index < -0.39 is 6.04 Å². The van der Waals surface area contributed by atoms with E-state index >= 15 is 0 Å². The molecule has 7 heteroatoms. The van der Waals surface area contributed by atoms with Gasteiger partial charge < -0.3 is 10.2 Å². The summed E-state index contributed by atoms with van der Waals surface area (Å²) in [6.07, 6.45) is 0.809. The lowest BCUT2D eigenvalue weighted by molar-refractivity contribution is -0.139. The first-order valence-electron chi connectivity index (χ1n) is 11.1. The van der Waals surface area contributed by atoms with Gasteiger partial charge in [0.15, 0.2) is 0 Å². The van der Waals surface area contributed by atoms with Crippen molar-refractivity contribution in [1.82, 2.24) is 10.2 Å². The van der Waals surface area contributed by atoms with E-state index in [1.54, 1.807) is 17.9 Å². The molecule has 4 rings (SSSR count). The number of nitrogens with one attached hydrogen (secondary N) is 1. The molecule has 1 heterocycles. The summed E-state index contributed by atoms with van der Waals surface area (Å²) in [5.41, 5.74) is 2.23. The van der Waals surface area contributed by atoms with Crippen molar-refractivity contribution >= 4 is 50.1 Å². The molecule has 3 amide bonds. The molecule has 3 aromatic carbocycles. The molecule has 3 aromatic rings. The first kappa shape index (κ1) is 23.0. The minimum Gasteiger partial charge on any atom is -0.354 e. The Morgan fingerprint density at radius 3 is 2.45 bits per heavy atom. The second kappa shape index (κ2) is 9.75. The van der Waals surface area contributed by atoms with Crippen LogP contribution in [0.25, 0.3) is 10.8 Å². The number of anilines is 1. The fourth-order valence-electron chi connectivity index (χ4n) is 4.13. The molecule has 0 spiro atoms. The van der Waals surface area contributed by atoms with E-state index in [2.05, 4.69) is 21.2 Å². The van der Waals surface area contributed by atoms with Gasteiger partial charge in [-0.1, -0.05) is 59.3 Å². The molecule has 0 fully saturated rings. The highest BCUT2D eigenvalue weighted by Gasteiger charge is 2.34. The molecule has 0 radical (unpaired) electrons. The largest absolute Gasteiger partial charge is 0.354 e. The topological polar surface area (TPSA) is 69.7 Å². The van der Waals surface area contributed by atoms with Crippen LogP contribution in [0.15, 0.2) is 65.1 Å². The number of hydrogen-bond donors (Lipinski definition) is 1. The van der Waals surface area contributed by atoms with Crippen LogP contribution < -0.4 is 10.2 Å². The molecular formula is C26H26BrN3O3. The van der Waals surface area contributed by atoms with E-state index in [4.69, 9.17) is 0 Å². The minimum absolute atomic E-state index is 0.130. The van der Waals surface area contributed by atoms with Crippen molar-refractivity contribution in [2.24, 2.45) is 0 Å². The quantitative estimate of drug-likeness (QED) is 0.487. The summed E-state index contributed by atoms with van der Waals surface area (Å²) in [5, 5.41) is 4.71. The highest BCUT2D eigenvalue weighted by molar-refractivity contribution is 9.10. The Hall–Kier alpha value is -3.19. The molecule has 0 aliphatic carbocycles. The predicted octanol–water partition coefficient (Wildman–Crippen LogP) is 4.51. The summed E-state index contributed by atoms with van der Waals surface area (Å²) < 4.78 is 0.936. The molecule has 6 nitrogen and oxygen atoms in total. The van der Waals surface area contributed by atoms with Gasteiger partial charge in [0.25, 0.3) is 5.91 Å². The Morgan fingerprint density at radius 1 is 1.06 bits per heavy atom. The maximum atomic E-state index is 13.5. The molecule has 1 aliphatic heterocycles. The van der Waals surface area contributed by atoms with E-state index in [9.17, 15) is 14.4 Å². The number of carbonyl (C=O) groups is 3. The summed E-state index contributed by atoms with van der Waals surface area (Å²) in [7, 11) is 0. The van der Waals surface area contributed by atoms with Crippen LogP contribution in [-0.2, 0) is 16.1 Å². The maximum absolute atomic E-state index is 13.5. The van der Waals surface area contributed by atoms with Gasteiger partial charge in [0, 0.05) is 28.5 Å². The van der Waals surface area contributed by atoms with E-state index in [1.807, 2.05) is 61.5 Å². The highest BCUT2D eigenvalue weighted by Crippen LogP contribution is 2.37. The highest BCUT2D eigenvalue weighted by atomic mass is 79.9. The summed E-state index contributed by atoms with van der Waals surface area (Å²) >= 11 is 3.43. The molecule has 0 saturated carbocycles. The monoisotopic (exact) mass is 507 g/mol. The molecule has 1 aliphatic rings. The van der Waals surface area contributed by atoms with Gasteiger partial charge >= 0.3 is 0 Å². The van der Waals surface area contributed by atoms with E-state index in [0.717, 1.165) is 32.9 Å². The molecule has 170 valence electrons. The molecule has 0 aromatic heterocycles. The molecule has 0 unspecified atom stereocenters. The third-order valence-corrected chi connectivity index (χ3v) is 6.45. The zero-order valence-electron chi connectivity index (χ0n) is 18.7. The normalized spacial score (nSPS) is 13.3. The van der Waals surface area contributed by atoms with Crippen LogP contribution in [0.4, 0.5) is 5.69 Å². The van der Waals surface area contributed by atoms with Crippen molar-refractivity contribution in [2.75, 3.05) is 18.0 Å². The van der Waals surface area contributed by atoms with Crippen LogP contribution in [0, 0.1) is 0 Å². The number of amides is 3. The first-order valence-corrected chi connectivity index (χ1v) is 11.8. The smallest absolute Gasteiger partial charge is 0.259 e. The number of hydrogen-bond acceptors (Lipinski definition) is 3. The maximum Gasteiger partial charge on any atom is 0.259 e. The van der Waals surface area contributed by atoms with Crippen molar-refractivity contribution in [3.63, 3.8) is 0 Å². The Labute approximate surface area is 201 Å². The molecule has 1 N–H and O–H groups in total. The fraction of sp³-hybridized carbons (Fsp3) is 0.269. The standard InChI is InChI=1S/C26H26BrN3O3/c1-3-14-28-25(32)17(2)29(15-18-10-12-20(27)13-11-18)23(31)16-30-22-9-5-7-19-6-4-8-21(24(19)22)26(30)33/h4-13,17H,3,14-16H2,1-2H3,(H,28,32)/t17-/m1/s1. The van der Waals surface area contributed by atoms with Gasteiger partial charge in [0.05, 0.1) is 5.69 Å². The SMILES string of the molecule is CCCNC(=O)[C@@H](C)N(Cc1ccc(Br)cc1)C(=O)CN1C(=O)c2cccc3cccc1c23. The number of benzene rings is 3. The Morgan fingerprint density at radius 2 is 1.76 bits per heavy atom. The Kier molecular flexibility index (Phi) is 6.79. The van der Waals surface area contributed by atoms with Crippen molar-refractivity contribution in [2.45, 2.75) is 32.9 Å².